The van der Waals surface area contributed by atoms with Crippen molar-refractivity contribution >= 4 is 17.6 Å². The van der Waals surface area contributed by atoms with Crippen molar-refractivity contribution in [2.75, 3.05) is 0 Å². The molecule has 1 heterocycles. The maximum absolute atomic E-state index is 11.9. The Labute approximate surface area is 112 Å². The summed E-state index contributed by atoms with van der Waals surface area (Å²) < 4.78 is 5.47. The average molecular weight is 269 g/mol. The summed E-state index contributed by atoms with van der Waals surface area (Å²) in [6, 6.07) is 0. The molecule has 0 aromatic carbocycles. The van der Waals surface area contributed by atoms with E-state index in [-0.39, 0.29) is 17.0 Å². The van der Waals surface area contributed by atoms with Crippen LogP contribution in [-0.4, -0.2) is 22.0 Å². The lowest BCUT2D eigenvalue weighted by Crippen LogP contribution is -2.28. The van der Waals surface area contributed by atoms with Gasteiger partial charge in [-0.1, -0.05) is 25.4 Å². The molecule has 18 heavy (non-hydrogen) atoms. The van der Waals surface area contributed by atoms with E-state index in [4.69, 9.17) is 16.3 Å². The lowest BCUT2D eigenvalue weighted by molar-refractivity contribution is 0.00740. The summed E-state index contributed by atoms with van der Waals surface area (Å²) in [5.41, 5.74) is 0.213. The fourth-order valence-electron chi connectivity index (χ4n) is 2.60. The van der Waals surface area contributed by atoms with Crippen LogP contribution in [0, 0.1) is 11.8 Å². The zero-order chi connectivity index (χ0) is 13.1. The molecule has 1 aliphatic rings. The van der Waals surface area contributed by atoms with Crippen LogP contribution in [0.5, 0.6) is 0 Å². The molecule has 2 unspecified atom stereocenters. The molecule has 0 radical (unpaired) electrons. The van der Waals surface area contributed by atoms with Gasteiger partial charge in [-0.15, -0.1) is 0 Å². The highest BCUT2D eigenvalue weighted by atomic mass is 35.5. The number of aromatic nitrogens is 2. The molecule has 1 aromatic rings. The highest BCUT2D eigenvalue weighted by Gasteiger charge is 2.27. The van der Waals surface area contributed by atoms with Gasteiger partial charge in [-0.3, -0.25) is 0 Å². The second-order valence-corrected chi connectivity index (χ2v) is 5.56. The van der Waals surface area contributed by atoms with Gasteiger partial charge >= 0.3 is 5.97 Å². The second-order valence-electron chi connectivity index (χ2n) is 5.17. The van der Waals surface area contributed by atoms with Crippen LogP contribution in [0.4, 0.5) is 0 Å². The summed E-state index contributed by atoms with van der Waals surface area (Å²) in [6.45, 7) is 4.39. The topological polar surface area (TPSA) is 52.1 Å². The molecule has 4 nitrogen and oxygen atoms in total. The highest BCUT2D eigenvalue weighted by Crippen LogP contribution is 2.30. The molecule has 1 saturated carbocycles. The van der Waals surface area contributed by atoms with E-state index in [0.29, 0.717) is 11.8 Å². The number of halogens is 1. The predicted octanol–water partition coefficient (Wildman–Crippen LogP) is 3.11. The van der Waals surface area contributed by atoms with E-state index < -0.39 is 5.97 Å². The van der Waals surface area contributed by atoms with Crippen molar-refractivity contribution in [3.63, 3.8) is 0 Å². The van der Waals surface area contributed by atoms with Gasteiger partial charge in [0.1, 0.15) is 11.3 Å². The molecule has 1 fully saturated rings. The van der Waals surface area contributed by atoms with Crippen LogP contribution in [0.2, 0.25) is 5.15 Å². The Morgan fingerprint density at radius 2 is 1.89 bits per heavy atom. The summed E-state index contributed by atoms with van der Waals surface area (Å²) in [6.07, 6.45) is 5.75. The Hall–Kier alpha value is -1.16. The third-order valence-corrected chi connectivity index (χ3v) is 3.43. The Morgan fingerprint density at radius 1 is 1.22 bits per heavy atom. The first-order chi connectivity index (χ1) is 8.54. The first-order valence-electron chi connectivity index (χ1n) is 6.23. The lowest BCUT2D eigenvalue weighted by atomic mass is 9.82. The van der Waals surface area contributed by atoms with Gasteiger partial charge in [-0.2, -0.15) is 0 Å². The first-order valence-corrected chi connectivity index (χ1v) is 6.61. The van der Waals surface area contributed by atoms with E-state index in [0.717, 1.165) is 12.8 Å². The van der Waals surface area contributed by atoms with E-state index in [1.54, 1.807) is 0 Å². The van der Waals surface area contributed by atoms with Gasteiger partial charge in [0.15, 0.2) is 5.69 Å². The molecular weight excluding hydrogens is 252 g/mol. The smallest absolute Gasteiger partial charge is 0.358 e. The fourth-order valence-corrected chi connectivity index (χ4v) is 2.70. The number of carbonyl (C=O) groups is 1. The number of esters is 1. The van der Waals surface area contributed by atoms with Crippen LogP contribution >= 0.6 is 11.6 Å². The minimum Gasteiger partial charge on any atom is -0.458 e. The number of carbonyl (C=O) groups excluding carboxylic acids is 1. The SMILES string of the molecule is CC1CC(C)CC(OC(=O)c2cnc(Cl)cn2)C1. The molecule has 5 heteroatoms. The maximum atomic E-state index is 11.9. The molecule has 0 N–H and O–H groups in total. The molecule has 2 rings (SSSR count). The molecule has 0 spiro atoms. The quantitative estimate of drug-likeness (QED) is 0.774. The van der Waals surface area contributed by atoms with E-state index in [1.165, 1.54) is 18.8 Å². The van der Waals surface area contributed by atoms with Crippen LogP contribution < -0.4 is 0 Å². The zero-order valence-corrected chi connectivity index (χ0v) is 11.4. The highest BCUT2D eigenvalue weighted by molar-refractivity contribution is 6.29. The monoisotopic (exact) mass is 268 g/mol. The maximum Gasteiger partial charge on any atom is 0.358 e. The van der Waals surface area contributed by atoms with Gasteiger partial charge in [0.25, 0.3) is 0 Å². The van der Waals surface area contributed by atoms with Crippen molar-refractivity contribution in [3.05, 3.63) is 23.2 Å². The fraction of sp³-hybridized carbons (Fsp3) is 0.615. The van der Waals surface area contributed by atoms with Crippen LogP contribution in [0.15, 0.2) is 12.4 Å². The minimum atomic E-state index is -0.412. The van der Waals surface area contributed by atoms with Gasteiger partial charge < -0.3 is 4.74 Å². The van der Waals surface area contributed by atoms with Crippen molar-refractivity contribution in [2.24, 2.45) is 11.8 Å². The van der Waals surface area contributed by atoms with Gasteiger partial charge in [-0.25, -0.2) is 14.8 Å². The van der Waals surface area contributed by atoms with Crippen LogP contribution in [-0.2, 0) is 4.74 Å². The Balaban J connectivity index is 1.96. The van der Waals surface area contributed by atoms with Crippen LogP contribution in [0.1, 0.15) is 43.6 Å². The van der Waals surface area contributed by atoms with Crippen LogP contribution in [0.25, 0.3) is 0 Å². The molecule has 0 bridgehead atoms. The van der Waals surface area contributed by atoms with E-state index in [9.17, 15) is 4.79 Å². The van der Waals surface area contributed by atoms with E-state index in [2.05, 4.69) is 23.8 Å². The summed E-state index contributed by atoms with van der Waals surface area (Å²) in [5.74, 6) is 0.788. The predicted molar refractivity (Wildman–Crippen MR) is 68.4 cm³/mol. The van der Waals surface area contributed by atoms with Gasteiger partial charge in [-0.05, 0) is 31.1 Å². The Bertz CT molecular complexity index is 412. The van der Waals surface area contributed by atoms with Crippen molar-refractivity contribution in [1.82, 2.24) is 9.97 Å². The number of rotatable bonds is 2. The number of ether oxygens (including phenoxy) is 1. The number of nitrogens with zero attached hydrogens (tertiary/aromatic N) is 2. The second kappa shape index (κ2) is 5.65. The molecule has 0 amide bonds. The molecule has 1 aliphatic carbocycles. The summed E-state index contributed by atoms with van der Waals surface area (Å²) >= 11 is 5.62. The van der Waals surface area contributed by atoms with Crippen molar-refractivity contribution in [2.45, 2.75) is 39.2 Å². The zero-order valence-electron chi connectivity index (χ0n) is 10.6. The molecule has 0 saturated heterocycles. The van der Waals surface area contributed by atoms with Crippen LogP contribution in [0.3, 0.4) is 0 Å². The summed E-state index contributed by atoms with van der Waals surface area (Å²) in [5, 5.41) is 0.270. The first kappa shape index (κ1) is 13.3. The van der Waals surface area contributed by atoms with Gasteiger partial charge in [0.05, 0.1) is 12.4 Å². The Kier molecular flexibility index (Phi) is 4.17. The van der Waals surface area contributed by atoms with E-state index >= 15 is 0 Å². The van der Waals surface area contributed by atoms with E-state index in [1.807, 2.05) is 0 Å². The standard InChI is InChI=1S/C13H17ClN2O2/c1-8-3-9(2)5-10(4-8)18-13(17)11-6-16-12(14)7-15-11/h6-10H,3-5H2,1-2H3. The van der Waals surface area contributed by atoms with Gasteiger partial charge in [0, 0.05) is 0 Å². The summed E-state index contributed by atoms with van der Waals surface area (Å²) in [7, 11) is 0. The van der Waals surface area contributed by atoms with Gasteiger partial charge in [0.2, 0.25) is 0 Å². The molecule has 0 aliphatic heterocycles. The Morgan fingerprint density at radius 3 is 2.44 bits per heavy atom. The molecule has 2 atom stereocenters. The largest absolute Gasteiger partial charge is 0.458 e. The van der Waals surface area contributed by atoms with Crippen molar-refractivity contribution in [1.29, 1.82) is 0 Å². The average Bonchev–Trinajstić information content (AvgIpc) is 2.28. The van der Waals surface area contributed by atoms with Crippen molar-refractivity contribution in [3.8, 4) is 0 Å². The molecule has 1 aromatic heterocycles. The summed E-state index contributed by atoms with van der Waals surface area (Å²) in [4.78, 5) is 19.6. The lowest BCUT2D eigenvalue weighted by Gasteiger charge is -2.30. The minimum absolute atomic E-state index is 0.00581. The third-order valence-electron chi connectivity index (χ3n) is 3.24. The molecule has 98 valence electrons. The number of hydrogen-bond donors (Lipinski definition) is 0. The number of hydrogen-bond acceptors (Lipinski definition) is 4. The molecular formula is C13H17ClN2O2. The third kappa shape index (κ3) is 3.42. The normalized spacial score (nSPS) is 27.8. The van der Waals surface area contributed by atoms with Crippen molar-refractivity contribution < 1.29 is 9.53 Å².